The van der Waals surface area contributed by atoms with Crippen LogP contribution in [0.2, 0.25) is 0 Å². The number of rotatable bonds is 8. The van der Waals surface area contributed by atoms with E-state index in [0.717, 1.165) is 32.1 Å². The Kier molecular flexibility index (Phi) is 8.19. The summed E-state index contributed by atoms with van der Waals surface area (Å²) in [6.45, 7) is -0.509. The molecule has 1 atom stereocenters. The lowest BCUT2D eigenvalue weighted by atomic mass is 9.68. The van der Waals surface area contributed by atoms with Crippen LogP contribution in [-0.2, 0) is 25.5 Å². The van der Waals surface area contributed by atoms with E-state index in [9.17, 15) is 19.3 Å². The van der Waals surface area contributed by atoms with E-state index in [1.54, 1.807) is 12.1 Å². The standard InChI is InChI=1S/C21H24BN3O7/c23-11-5-10-18(26)24-17-12-15-8-4-9-16(19(15)32-22(17)25-29)21(28)31-13-30-20(27)14-6-2-1-3-7-14/h4,8-9,14,17H,1-3,5-7,10,12-13H2,(H,24,26)/t17-/m0/s1. The smallest absolute Gasteiger partial charge is 0.536 e. The van der Waals surface area contributed by atoms with Crippen molar-refractivity contribution in [1.82, 2.24) is 5.32 Å². The van der Waals surface area contributed by atoms with Crippen molar-refractivity contribution >= 4 is 24.9 Å². The van der Waals surface area contributed by atoms with Gasteiger partial charge in [0.05, 0.1) is 17.9 Å². The molecule has 0 saturated heterocycles. The quantitative estimate of drug-likeness (QED) is 0.280. The van der Waals surface area contributed by atoms with Crippen LogP contribution >= 0.6 is 0 Å². The fraction of sp³-hybridized carbons (Fsp3) is 0.524. The molecule has 1 saturated carbocycles. The highest BCUT2D eigenvalue weighted by Gasteiger charge is 2.40. The summed E-state index contributed by atoms with van der Waals surface area (Å²) in [5.74, 6) is -2.27. The number of nitrogens with zero attached hydrogens (tertiary/aromatic N) is 2. The highest BCUT2D eigenvalue weighted by Crippen LogP contribution is 2.31. The molecular weight excluding hydrogens is 417 g/mol. The van der Waals surface area contributed by atoms with Crippen molar-refractivity contribution in [2.24, 2.45) is 11.0 Å². The number of hydrogen-bond acceptors (Lipinski definition) is 9. The van der Waals surface area contributed by atoms with Gasteiger partial charge >= 0.3 is 19.0 Å². The fourth-order valence-electron chi connectivity index (χ4n) is 3.93. The normalized spacial score (nSPS) is 17.8. The van der Waals surface area contributed by atoms with Gasteiger partial charge in [0.15, 0.2) is 0 Å². The molecule has 0 aromatic heterocycles. The number of nitriles is 1. The first-order valence-corrected chi connectivity index (χ1v) is 10.6. The Balaban J connectivity index is 1.61. The predicted octanol–water partition coefficient (Wildman–Crippen LogP) is 2.44. The van der Waals surface area contributed by atoms with E-state index in [2.05, 4.69) is 10.4 Å². The zero-order valence-corrected chi connectivity index (χ0v) is 17.6. The minimum Gasteiger partial charge on any atom is -0.536 e. The lowest BCUT2D eigenvalue weighted by Crippen LogP contribution is -2.52. The average molecular weight is 441 g/mol. The Morgan fingerprint density at radius 2 is 2.00 bits per heavy atom. The van der Waals surface area contributed by atoms with E-state index in [4.69, 9.17) is 19.4 Å². The number of carbonyl (C=O) groups is 3. The van der Waals surface area contributed by atoms with Crippen LogP contribution in [0.3, 0.4) is 0 Å². The van der Waals surface area contributed by atoms with Gasteiger partial charge in [-0.25, -0.2) is 4.79 Å². The number of benzene rings is 1. The first kappa shape index (κ1) is 23.3. The summed E-state index contributed by atoms with van der Waals surface area (Å²) in [6.07, 6.45) is 4.90. The van der Waals surface area contributed by atoms with Crippen molar-refractivity contribution in [3.05, 3.63) is 34.2 Å². The van der Waals surface area contributed by atoms with E-state index in [-0.39, 0.29) is 42.5 Å². The second kappa shape index (κ2) is 11.3. The molecular formula is C21H24BN3O7. The van der Waals surface area contributed by atoms with Crippen LogP contribution in [-0.4, -0.2) is 37.6 Å². The summed E-state index contributed by atoms with van der Waals surface area (Å²) >= 11 is 0. The summed E-state index contributed by atoms with van der Waals surface area (Å²) in [5.41, 5.74) is 0.656. The molecule has 0 bridgehead atoms. The fourth-order valence-corrected chi connectivity index (χ4v) is 3.93. The second-order valence-electron chi connectivity index (χ2n) is 7.79. The number of fused-ring (bicyclic) bond motifs is 1. The van der Waals surface area contributed by atoms with Crippen LogP contribution in [0.1, 0.15) is 60.9 Å². The molecule has 1 aliphatic heterocycles. The van der Waals surface area contributed by atoms with Gasteiger partial charge in [0.2, 0.25) is 12.7 Å². The third-order valence-electron chi connectivity index (χ3n) is 5.58. The van der Waals surface area contributed by atoms with Crippen molar-refractivity contribution in [1.29, 1.82) is 5.26 Å². The largest absolute Gasteiger partial charge is 0.570 e. The summed E-state index contributed by atoms with van der Waals surface area (Å²) in [7, 11) is -1.24. The Hall–Kier alpha value is -3.42. The maximum atomic E-state index is 12.5. The molecule has 32 heavy (non-hydrogen) atoms. The first-order chi connectivity index (χ1) is 15.5. The Morgan fingerprint density at radius 3 is 2.72 bits per heavy atom. The highest BCUT2D eigenvalue weighted by atomic mass is 16.7. The molecule has 1 heterocycles. The monoisotopic (exact) mass is 441 g/mol. The lowest BCUT2D eigenvalue weighted by Gasteiger charge is -2.28. The van der Waals surface area contributed by atoms with Gasteiger partial charge in [0.25, 0.3) is 0 Å². The van der Waals surface area contributed by atoms with E-state index in [1.807, 2.05) is 6.07 Å². The number of hydrogen-bond donors (Lipinski definition) is 1. The maximum absolute atomic E-state index is 12.5. The van der Waals surface area contributed by atoms with Crippen molar-refractivity contribution < 1.29 is 28.5 Å². The number of para-hydroxylation sites is 1. The summed E-state index contributed by atoms with van der Waals surface area (Å²) in [4.78, 5) is 47.9. The molecule has 11 heteroatoms. The summed E-state index contributed by atoms with van der Waals surface area (Å²) in [5, 5.41) is 14.2. The van der Waals surface area contributed by atoms with Gasteiger partial charge in [-0.2, -0.15) is 10.2 Å². The number of ether oxygens (including phenoxy) is 2. The molecule has 10 nitrogen and oxygen atoms in total. The Morgan fingerprint density at radius 1 is 1.22 bits per heavy atom. The van der Waals surface area contributed by atoms with Crippen molar-refractivity contribution in [3.63, 3.8) is 0 Å². The highest BCUT2D eigenvalue weighted by molar-refractivity contribution is 6.53. The topological polar surface area (TPSA) is 144 Å². The maximum Gasteiger partial charge on any atom is 0.570 e. The number of nitroso groups, excluding NO2 is 1. The molecule has 2 aliphatic rings. The third-order valence-corrected chi connectivity index (χ3v) is 5.58. The molecule has 0 spiro atoms. The minimum atomic E-state index is -1.24. The minimum absolute atomic E-state index is 0.00260. The van der Waals surface area contributed by atoms with Crippen molar-refractivity contribution in [3.8, 4) is 11.8 Å². The average Bonchev–Trinajstić information content (AvgIpc) is 2.82. The van der Waals surface area contributed by atoms with Crippen LogP contribution < -0.4 is 9.97 Å². The molecule has 1 amide bonds. The molecule has 0 unspecified atom stereocenters. The number of amides is 1. The summed E-state index contributed by atoms with van der Waals surface area (Å²) < 4.78 is 15.8. The van der Waals surface area contributed by atoms with Crippen LogP contribution in [0.4, 0.5) is 0 Å². The molecule has 1 N–H and O–H groups in total. The zero-order valence-electron chi connectivity index (χ0n) is 17.6. The van der Waals surface area contributed by atoms with Crippen LogP contribution in [0.15, 0.2) is 23.3 Å². The van der Waals surface area contributed by atoms with E-state index in [0.29, 0.717) is 5.56 Å². The van der Waals surface area contributed by atoms with Gasteiger partial charge < -0.3 is 19.4 Å². The van der Waals surface area contributed by atoms with Gasteiger partial charge in [-0.05, 0) is 30.9 Å². The van der Waals surface area contributed by atoms with E-state index < -0.39 is 31.7 Å². The number of esters is 2. The number of nitrogens with one attached hydrogen (secondary N) is 1. The third kappa shape index (κ3) is 5.84. The Bertz CT molecular complexity index is 911. The number of carbonyl (C=O) groups excluding carboxylic acids is 3. The van der Waals surface area contributed by atoms with Crippen LogP contribution in [0.5, 0.6) is 5.75 Å². The molecule has 1 fully saturated rings. The SMILES string of the molecule is N#CCCC(=O)N[C@H]1Cc2cccc(C(=O)OCOC(=O)C3CCCCC3)c2OB1N=O. The van der Waals surface area contributed by atoms with Gasteiger partial charge in [-0.1, -0.05) is 36.5 Å². The van der Waals surface area contributed by atoms with Crippen LogP contribution in [0, 0.1) is 22.2 Å². The molecule has 1 aliphatic carbocycles. The van der Waals surface area contributed by atoms with Gasteiger partial charge in [-0.15, -0.1) is 0 Å². The molecule has 0 radical (unpaired) electrons. The van der Waals surface area contributed by atoms with Crippen LogP contribution in [0.25, 0.3) is 0 Å². The predicted molar refractivity (Wildman–Crippen MR) is 112 cm³/mol. The summed E-state index contributed by atoms with van der Waals surface area (Å²) in [6, 6.07) is 6.67. The molecule has 3 rings (SSSR count). The van der Waals surface area contributed by atoms with Gasteiger partial charge in [0.1, 0.15) is 11.3 Å². The van der Waals surface area contributed by atoms with Gasteiger partial charge in [0, 0.05) is 12.8 Å². The molecule has 168 valence electrons. The van der Waals surface area contributed by atoms with E-state index >= 15 is 0 Å². The molecule has 1 aromatic rings. The molecule has 1 aromatic carbocycles. The lowest BCUT2D eigenvalue weighted by molar-refractivity contribution is -0.158. The van der Waals surface area contributed by atoms with Gasteiger partial charge in [-0.3, -0.25) is 9.59 Å². The zero-order chi connectivity index (χ0) is 22.9. The second-order valence-corrected chi connectivity index (χ2v) is 7.79. The first-order valence-electron chi connectivity index (χ1n) is 10.6. The van der Waals surface area contributed by atoms with E-state index in [1.165, 1.54) is 6.07 Å². The van der Waals surface area contributed by atoms with Crippen molar-refractivity contribution in [2.45, 2.75) is 57.3 Å². The van der Waals surface area contributed by atoms with Crippen molar-refractivity contribution in [2.75, 3.05) is 6.79 Å². The Labute approximate surface area is 185 Å².